The molecule has 158 valence electrons. The first-order chi connectivity index (χ1) is 13.8. The fourth-order valence-corrected chi connectivity index (χ4v) is 3.42. The smallest absolute Gasteiger partial charge is 0.420 e. The van der Waals surface area contributed by atoms with Crippen molar-refractivity contribution in [1.82, 2.24) is 19.9 Å². The predicted molar refractivity (Wildman–Crippen MR) is 104 cm³/mol. The van der Waals surface area contributed by atoms with Crippen LogP contribution in [0.25, 0.3) is 0 Å². The highest BCUT2D eigenvalue weighted by molar-refractivity contribution is 5.59. The Morgan fingerprint density at radius 2 is 2.00 bits per heavy atom. The molecule has 1 aromatic heterocycles. The van der Waals surface area contributed by atoms with E-state index in [9.17, 15) is 13.2 Å². The first-order valence-corrected chi connectivity index (χ1v) is 9.32. The maximum Gasteiger partial charge on any atom is 0.420 e. The van der Waals surface area contributed by atoms with Crippen LogP contribution in [0.4, 0.5) is 36.7 Å². The van der Waals surface area contributed by atoms with E-state index in [1.807, 2.05) is 0 Å². The molecule has 1 unspecified atom stereocenters. The summed E-state index contributed by atoms with van der Waals surface area (Å²) in [6, 6.07) is 3.99. The number of aromatic nitrogens is 3. The number of halogens is 3. The molecule has 0 saturated carbocycles. The van der Waals surface area contributed by atoms with Gasteiger partial charge >= 0.3 is 6.18 Å². The van der Waals surface area contributed by atoms with Gasteiger partial charge in [-0.25, -0.2) is 0 Å². The summed E-state index contributed by atoms with van der Waals surface area (Å²) in [4.78, 5) is 14.6. The second-order valence-corrected chi connectivity index (χ2v) is 6.68. The van der Waals surface area contributed by atoms with E-state index in [2.05, 4.69) is 37.4 Å². The van der Waals surface area contributed by atoms with E-state index in [4.69, 9.17) is 10.5 Å². The zero-order valence-electron chi connectivity index (χ0n) is 16.3. The van der Waals surface area contributed by atoms with E-state index in [0.29, 0.717) is 12.6 Å². The minimum absolute atomic E-state index is 0.0340. The molecule has 29 heavy (non-hydrogen) atoms. The molecule has 0 radical (unpaired) electrons. The van der Waals surface area contributed by atoms with Crippen LogP contribution >= 0.6 is 0 Å². The minimum Gasteiger partial charge on any atom is -0.496 e. The Morgan fingerprint density at radius 3 is 2.69 bits per heavy atom. The summed E-state index contributed by atoms with van der Waals surface area (Å²) < 4.78 is 44.4. The van der Waals surface area contributed by atoms with Crippen molar-refractivity contribution in [1.29, 1.82) is 0 Å². The molecule has 1 saturated heterocycles. The van der Waals surface area contributed by atoms with Crippen molar-refractivity contribution in [3.05, 3.63) is 23.8 Å². The fraction of sp³-hybridized carbons (Fsp3) is 0.500. The molecule has 3 rings (SSSR count). The molecule has 4 N–H and O–H groups in total. The van der Waals surface area contributed by atoms with Gasteiger partial charge in [-0.05, 0) is 44.1 Å². The molecule has 0 amide bonds. The van der Waals surface area contributed by atoms with Gasteiger partial charge in [0.15, 0.2) is 0 Å². The number of hydrogen-bond donors (Lipinski definition) is 3. The standard InChI is InChI=1S/C18H24F3N7O/c1-3-28-8-4-5-12(28)10-23-16-25-15(22)26-17(27-16)24-11-6-7-14(29-2)13(9-11)18(19,20)21/h6-7,9,12H,3-5,8,10H2,1-2H3,(H4,22,23,24,25,26,27). The van der Waals surface area contributed by atoms with E-state index < -0.39 is 11.7 Å². The minimum atomic E-state index is -4.56. The number of rotatable bonds is 7. The van der Waals surface area contributed by atoms with Gasteiger partial charge in [0.1, 0.15) is 5.75 Å². The Kier molecular flexibility index (Phi) is 6.26. The summed E-state index contributed by atoms with van der Waals surface area (Å²) >= 11 is 0. The van der Waals surface area contributed by atoms with Crippen LogP contribution in [0.5, 0.6) is 5.75 Å². The summed E-state index contributed by atoms with van der Waals surface area (Å²) in [5, 5.41) is 5.90. The van der Waals surface area contributed by atoms with E-state index in [-0.39, 0.29) is 29.3 Å². The summed E-state index contributed by atoms with van der Waals surface area (Å²) in [6.45, 7) is 4.80. The van der Waals surface area contributed by atoms with Gasteiger partial charge in [0.25, 0.3) is 0 Å². The number of likely N-dealkylation sites (tertiary alicyclic amines) is 1. The average Bonchev–Trinajstić information content (AvgIpc) is 3.13. The molecule has 2 heterocycles. The summed E-state index contributed by atoms with van der Waals surface area (Å²) in [5.41, 5.74) is 5.00. The maximum absolute atomic E-state index is 13.2. The Labute approximate surface area is 166 Å². The van der Waals surface area contributed by atoms with Crippen LogP contribution in [-0.2, 0) is 6.18 Å². The molecule has 1 aliphatic heterocycles. The largest absolute Gasteiger partial charge is 0.496 e. The lowest BCUT2D eigenvalue weighted by Gasteiger charge is -2.22. The molecule has 0 spiro atoms. The molecular formula is C18H24F3N7O. The Bertz CT molecular complexity index is 847. The number of nitrogens with two attached hydrogens (primary N) is 1. The number of hydrogen-bond acceptors (Lipinski definition) is 8. The number of nitrogens with one attached hydrogen (secondary N) is 2. The third-order valence-electron chi connectivity index (χ3n) is 4.81. The average molecular weight is 411 g/mol. The van der Waals surface area contributed by atoms with Crippen molar-refractivity contribution < 1.29 is 17.9 Å². The number of likely N-dealkylation sites (N-methyl/N-ethyl adjacent to an activating group) is 1. The Morgan fingerprint density at radius 1 is 1.24 bits per heavy atom. The summed E-state index contributed by atoms with van der Waals surface area (Å²) in [7, 11) is 1.19. The highest BCUT2D eigenvalue weighted by Gasteiger charge is 2.34. The van der Waals surface area contributed by atoms with Gasteiger partial charge in [-0.3, -0.25) is 4.90 Å². The number of nitrogens with zero attached hydrogens (tertiary/aromatic N) is 4. The third-order valence-corrected chi connectivity index (χ3v) is 4.81. The molecule has 1 aromatic carbocycles. The van der Waals surface area contributed by atoms with E-state index in [0.717, 1.165) is 32.0 Å². The lowest BCUT2D eigenvalue weighted by molar-refractivity contribution is -0.138. The quantitative estimate of drug-likeness (QED) is 0.639. The second-order valence-electron chi connectivity index (χ2n) is 6.68. The van der Waals surface area contributed by atoms with Gasteiger partial charge < -0.3 is 21.1 Å². The number of nitrogen functional groups attached to an aromatic ring is 1. The highest BCUT2D eigenvalue weighted by atomic mass is 19.4. The first kappa shape index (κ1) is 20.9. The van der Waals surface area contributed by atoms with Crippen LogP contribution in [0.15, 0.2) is 18.2 Å². The van der Waals surface area contributed by atoms with Gasteiger partial charge in [0.05, 0.1) is 12.7 Å². The zero-order valence-corrected chi connectivity index (χ0v) is 16.3. The number of ether oxygens (including phenoxy) is 1. The Hall–Kier alpha value is -2.82. The van der Waals surface area contributed by atoms with Crippen LogP contribution in [0, 0.1) is 0 Å². The van der Waals surface area contributed by atoms with Crippen molar-refractivity contribution in [2.45, 2.75) is 32.0 Å². The second kappa shape index (κ2) is 8.68. The van der Waals surface area contributed by atoms with Gasteiger partial charge in [-0.15, -0.1) is 0 Å². The van der Waals surface area contributed by atoms with E-state index >= 15 is 0 Å². The van der Waals surface area contributed by atoms with E-state index in [1.54, 1.807) is 0 Å². The van der Waals surface area contributed by atoms with Crippen LogP contribution < -0.4 is 21.1 Å². The monoisotopic (exact) mass is 411 g/mol. The maximum atomic E-state index is 13.2. The van der Waals surface area contributed by atoms with E-state index in [1.165, 1.54) is 19.2 Å². The number of methoxy groups -OCH3 is 1. The SMILES string of the molecule is CCN1CCCC1CNc1nc(N)nc(Nc2ccc(OC)c(C(F)(F)F)c2)n1. The van der Waals surface area contributed by atoms with Crippen LogP contribution in [-0.4, -0.2) is 52.6 Å². The molecule has 8 nitrogen and oxygen atoms in total. The lowest BCUT2D eigenvalue weighted by atomic mass is 10.1. The summed E-state index contributed by atoms with van der Waals surface area (Å²) in [6.07, 6.45) is -2.33. The van der Waals surface area contributed by atoms with Gasteiger partial charge in [0.2, 0.25) is 17.8 Å². The molecule has 2 aromatic rings. The summed E-state index contributed by atoms with van der Waals surface area (Å²) in [5.74, 6) is 0.0236. The van der Waals surface area contributed by atoms with Gasteiger partial charge in [-0.1, -0.05) is 6.92 Å². The number of alkyl halides is 3. The van der Waals surface area contributed by atoms with Crippen molar-refractivity contribution in [2.75, 3.05) is 43.1 Å². The van der Waals surface area contributed by atoms with Crippen LogP contribution in [0.1, 0.15) is 25.3 Å². The number of benzene rings is 1. The van der Waals surface area contributed by atoms with Crippen molar-refractivity contribution in [2.24, 2.45) is 0 Å². The molecule has 1 fully saturated rings. The van der Waals surface area contributed by atoms with Gasteiger partial charge in [0, 0.05) is 18.3 Å². The molecule has 11 heteroatoms. The van der Waals surface area contributed by atoms with Crippen LogP contribution in [0.2, 0.25) is 0 Å². The fourth-order valence-electron chi connectivity index (χ4n) is 3.42. The third kappa shape index (κ3) is 5.17. The van der Waals surface area contributed by atoms with Crippen molar-refractivity contribution in [3.8, 4) is 5.75 Å². The first-order valence-electron chi connectivity index (χ1n) is 9.32. The molecule has 1 aliphatic rings. The lowest BCUT2D eigenvalue weighted by Crippen LogP contribution is -2.35. The predicted octanol–water partition coefficient (Wildman–Crippen LogP) is 3.12. The normalized spacial score (nSPS) is 17.3. The molecule has 1 atom stereocenters. The topological polar surface area (TPSA) is 101 Å². The molecular weight excluding hydrogens is 387 g/mol. The highest BCUT2D eigenvalue weighted by Crippen LogP contribution is 2.38. The number of anilines is 4. The molecule has 0 aliphatic carbocycles. The van der Waals surface area contributed by atoms with Gasteiger partial charge in [-0.2, -0.15) is 28.1 Å². The van der Waals surface area contributed by atoms with Crippen LogP contribution in [0.3, 0.4) is 0 Å². The Balaban J connectivity index is 1.75. The zero-order chi connectivity index (χ0) is 21.0. The molecule has 0 bridgehead atoms. The van der Waals surface area contributed by atoms with Crippen molar-refractivity contribution in [3.63, 3.8) is 0 Å². The van der Waals surface area contributed by atoms with Crippen molar-refractivity contribution >= 4 is 23.5 Å².